The first-order valence-electron chi connectivity index (χ1n) is 9.80. The van der Waals surface area contributed by atoms with Crippen molar-refractivity contribution in [2.24, 2.45) is 4.99 Å². The fourth-order valence-corrected chi connectivity index (χ4v) is 3.13. The Balaban J connectivity index is 2.16. The molecule has 3 aromatic rings. The van der Waals surface area contributed by atoms with E-state index in [4.69, 9.17) is 25.8 Å². The summed E-state index contributed by atoms with van der Waals surface area (Å²) in [7, 11) is 2.28. The molecule has 7 nitrogen and oxygen atoms in total. The Bertz CT molecular complexity index is 1160. The minimum atomic E-state index is -1.59. The van der Waals surface area contributed by atoms with Crippen molar-refractivity contribution in [2.45, 2.75) is 6.04 Å². The molecule has 3 rings (SSSR count). The van der Waals surface area contributed by atoms with E-state index in [9.17, 15) is 14.4 Å². The summed E-state index contributed by atoms with van der Waals surface area (Å²) in [5.74, 6) is -2.26. The van der Waals surface area contributed by atoms with Crippen molar-refractivity contribution in [1.82, 2.24) is 0 Å². The fraction of sp³-hybridized carbons (Fsp3) is 0.120. The first-order chi connectivity index (χ1) is 15.9. The maximum absolute atomic E-state index is 12.7. The average molecular weight is 466 g/mol. The van der Waals surface area contributed by atoms with Crippen molar-refractivity contribution in [3.8, 4) is 5.75 Å². The van der Waals surface area contributed by atoms with Crippen LogP contribution in [0.2, 0.25) is 5.02 Å². The van der Waals surface area contributed by atoms with Crippen LogP contribution in [0.15, 0.2) is 83.9 Å². The molecule has 0 radical (unpaired) electrons. The summed E-state index contributed by atoms with van der Waals surface area (Å²) in [6.07, 6.45) is 0. The van der Waals surface area contributed by atoms with Crippen molar-refractivity contribution in [3.05, 3.63) is 101 Å². The number of hydrogen-bond donors (Lipinski definition) is 0. The van der Waals surface area contributed by atoms with Crippen LogP contribution in [0, 0.1) is 0 Å². The van der Waals surface area contributed by atoms with Gasteiger partial charge in [0, 0.05) is 16.1 Å². The molecule has 0 heterocycles. The second-order valence-electron chi connectivity index (χ2n) is 6.69. The number of carbonyl (C=O) groups excluding carboxylic acids is 3. The standard InChI is InChI=1S/C25H20ClNO6/c1-31-24(29)22(25(30)32-2)27-21(16-9-5-3-6-10-16)19-15-18(26)13-14-20(19)33-23(28)17-11-7-4-8-12-17/h3-15,22H,1-2H3. The molecular weight excluding hydrogens is 446 g/mol. The average Bonchev–Trinajstić information content (AvgIpc) is 2.86. The molecular formula is C25H20ClNO6. The lowest BCUT2D eigenvalue weighted by Gasteiger charge is -2.16. The second-order valence-corrected chi connectivity index (χ2v) is 7.13. The predicted molar refractivity (Wildman–Crippen MR) is 123 cm³/mol. The third-order valence-corrected chi connectivity index (χ3v) is 4.80. The molecule has 168 valence electrons. The van der Waals surface area contributed by atoms with Gasteiger partial charge in [-0.05, 0) is 30.3 Å². The van der Waals surface area contributed by atoms with Gasteiger partial charge in [0.15, 0.2) is 0 Å². The van der Waals surface area contributed by atoms with Crippen LogP contribution in [0.5, 0.6) is 5.75 Å². The topological polar surface area (TPSA) is 91.3 Å². The minimum absolute atomic E-state index is 0.143. The van der Waals surface area contributed by atoms with Gasteiger partial charge < -0.3 is 14.2 Å². The van der Waals surface area contributed by atoms with Crippen LogP contribution < -0.4 is 4.74 Å². The Morgan fingerprint density at radius 3 is 1.88 bits per heavy atom. The van der Waals surface area contributed by atoms with Gasteiger partial charge in [-0.25, -0.2) is 14.4 Å². The van der Waals surface area contributed by atoms with E-state index in [0.29, 0.717) is 21.7 Å². The highest BCUT2D eigenvalue weighted by molar-refractivity contribution is 6.31. The number of aliphatic imine (C=N–C) groups is 1. The first kappa shape index (κ1) is 23.7. The molecule has 0 aliphatic heterocycles. The second kappa shape index (κ2) is 11.1. The maximum atomic E-state index is 12.7. The Labute approximate surface area is 195 Å². The fourth-order valence-electron chi connectivity index (χ4n) is 2.96. The number of esters is 3. The molecule has 0 amide bonds. The third kappa shape index (κ3) is 5.84. The van der Waals surface area contributed by atoms with E-state index in [2.05, 4.69) is 4.99 Å². The lowest BCUT2D eigenvalue weighted by atomic mass is 10.0. The quantitative estimate of drug-likeness (QED) is 0.226. The third-order valence-electron chi connectivity index (χ3n) is 4.56. The zero-order valence-electron chi connectivity index (χ0n) is 17.9. The molecule has 0 unspecified atom stereocenters. The molecule has 33 heavy (non-hydrogen) atoms. The van der Waals surface area contributed by atoms with E-state index in [1.54, 1.807) is 66.7 Å². The molecule has 0 spiro atoms. The van der Waals surface area contributed by atoms with Gasteiger partial charge in [-0.15, -0.1) is 0 Å². The first-order valence-corrected chi connectivity index (χ1v) is 10.2. The van der Waals surface area contributed by atoms with Crippen LogP contribution in [-0.2, 0) is 19.1 Å². The van der Waals surface area contributed by atoms with Crippen molar-refractivity contribution in [1.29, 1.82) is 0 Å². The van der Waals surface area contributed by atoms with Crippen LogP contribution in [0.4, 0.5) is 0 Å². The van der Waals surface area contributed by atoms with Crippen molar-refractivity contribution >= 4 is 35.2 Å². The van der Waals surface area contributed by atoms with Gasteiger partial charge in [0.05, 0.1) is 25.5 Å². The number of methoxy groups -OCH3 is 2. The smallest absolute Gasteiger partial charge is 0.343 e. The Morgan fingerprint density at radius 2 is 1.33 bits per heavy atom. The van der Waals surface area contributed by atoms with E-state index in [0.717, 1.165) is 14.2 Å². The summed E-state index contributed by atoms with van der Waals surface area (Å²) in [5.41, 5.74) is 1.39. The zero-order chi connectivity index (χ0) is 23.8. The predicted octanol–water partition coefficient (Wildman–Crippen LogP) is 4.11. The number of hydrogen-bond acceptors (Lipinski definition) is 7. The molecule has 0 aromatic heterocycles. The number of benzene rings is 3. The molecule has 0 atom stereocenters. The summed E-state index contributed by atoms with van der Waals surface area (Å²) < 4.78 is 15.1. The Morgan fingerprint density at radius 1 is 0.788 bits per heavy atom. The summed E-state index contributed by atoms with van der Waals surface area (Å²) in [6, 6.07) is 20.2. The summed E-state index contributed by atoms with van der Waals surface area (Å²) >= 11 is 6.24. The number of ether oxygens (including phenoxy) is 3. The van der Waals surface area contributed by atoms with Crippen molar-refractivity contribution in [2.75, 3.05) is 14.2 Å². The minimum Gasteiger partial charge on any atom is -0.467 e. The largest absolute Gasteiger partial charge is 0.467 e. The van der Waals surface area contributed by atoms with Crippen molar-refractivity contribution < 1.29 is 28.6 Å². The van der Waals surface area contributed by atoms with Crippen LogP contribution in [0.3, 0.4) is 0 Å². The SMILES string of the molecule is COC(=O)C(N=C(c1ccccc1)c1cc(Cl)ccc1OC(=O)c1ccccc1)C(=O)OC. The number of carbonyl (C=O) groups is 3. The van der Waals surface area contributed by atoms with Gasteiger partial charge in [-0.3, -0.25) is 4.99 Å². The molecule has 0 N–H and O–H groups in total. The molecule has 3 aromatic carbocycles. The molecule has 0 saturated carbocycles. The summed E-state index contributed by atoms with van der Waals surface area (Å²) in [5, 5.41) is 0.334. The number of halogens is 1. The molecule has 0 saturated heterocycles. The van der Waals surface area contributed by atoms with Gasteiger partial charge in [-0.2, -0.15) is 0 Å². The lowest BCUT2D eigenvalue weighted by Crippen LogP contribution is -2.32. The Kier molecular flexibility index (Phi) is 7.94. The van der Waals surface area contributed by atoms with Gasteiger partial charge in [0.25, 0.3) is 0 Å². The monoisotopic (exact) mass is 465 g/mol. The lowest BCUT2D eigenvalue weighted by molar-refractivity contribution is -0.153. The van der Waals surface area contributed by atoms with Crippen LogP contribution >= 0.6 is 11.6 Å². The van der Waals surface area contributed by atoms with Gasteiger partial charge in [0.1, 0.15) is 5.75 Å². The molecule has 8 heteroatoms. The highest BCUT2D eigenvalue weighted by Gasteiger charge is 2.30. The number of rotatable bonds is 7. The molecule has 0 fully saturated rings. The zero-order valence-corrected chi connectivity index (χ0v) is 18.6. The number of nitrogens with zero attached hydrogens (tertiary/aromatic N) is 1. The van der Waals surface area contributed by atoms with Gasteiger partial charge in [0.2, 0.25) is 6.04 Å². The summed E-state index contributed by atoms with van der Waals surface area (Å²) in [6.45, 7) is 0. The van der Waals surface area contributed by atoms with E-state index < -0.39 is 23.9 Å². The van der Waals surface area contributed by atoms with Crippen molar-refractivity contribution in [3.63, 3.8) is 0 Å². The summed E-state index contributed by atoms with van der Waals surface area (Å²) in [4.78, 5) is 41.6. The highest BCUT2D eigenvalue weighted by Crippen LogP contribution is 2.28. The molecule has 0 aliphatic carbocycles. The van der Waals surface area contributed by atoms with E-state index in [1.807, 2.05) is 0 Å². The Hall–Kier alpha value is -3.97. The van der Waals surface area contributed by atoms with E-state index >= 15 is 0 Å². The maximum Gasteiger partial charge on any atom is 0.343 e. The van der Waals surface area contributed by atoms with Gasteiger partial charge in [-0.1, -0.05) is 60.1 Å². The van der Waals surface area contributed by atoms with Crippen LogP contribution in [0.1, 0.15) is 21.5 Å². The molecule has 0 bridgehead atoms. The molecule has 0 aliphatic rings. The highest BCUT2D eigenvalue weighted by atomic mass is 35.5. The van der Waals surface area contributed by atoms with E-state index in [1.165, 1.54) is 12.1 Å². The van der Waals surface area contributed by atoms with Crippen LogP contribution in [-0.4, -0.2) is 43.9 Å². The van der Waals surface area contributed by atoms with Gasteiger partial charge >= 0.3 is 17.9 Å². The normalized spacial score (nSPS) is 11.1. The van der Waals surface area contributed by atoms with E-state index in [-0.39, 0.29) is 11.5 Å². The van der Waals surface area contributed by atoms with Crippen LogP contribution in [0.25, 0.3) is 0 Å².